The maximum Gasteiger partial charge on any atom is 0.257 e. The fourth-order valence-corrected chi connectivity index (χ4v) is 2.15. The van der Waals surface area contributed by atoms with Gasteiger partial charge in [-0.15, -0.1) is 12.4 Å². The third-order valence-electron chi connectivity index (χ3n) is 3.28. The van der Waals surface area contributed by atoms with Gasteiger partial charge in [-0.2, -0.15) is 0 Å². The molecule has 1 aromatic rings. The molecular formula is C13H19ClN2O2. The van der Waals surface area contributed by atoms with Gasteiger partial charge in [0.25, 0.3) is 5.91 Å². The molecule has 0 aromatic heterocycles. The van der Waals surface area contributed by atoms with Gasteiger partial charge in [-0.3, -0.25) is 4.79 Å². The quantitative estimate of drug-likeness (QED) is 0.858. The topological polar surface area (TPSA) is 52.6 Å². The molecule has 100 valence electrons. The normalized spacial score (nSPS) is 18.2. The second-order valence-corrected chi connectivity index (χ2v) is 4.58. The average molecular weight is 271 g/mol. The van der Waals surface area contributed by atoms with Crippen LogP contribution in [0.1, 0.15) is 22.3 Å². The van der Waals surface area contributed by atoms with Crippen molar-refractivity contribution in [3.05, 3.63) is 29.3 Å². The minimum absolute atomic E-state index is 0. The second kappa shape index (κ2) is 6.07. The van der Waals surface area contributed by atoms with Crippen LogP contribution in [0.3, 0.4) is 0 Å². The predicted molar refractivity (Wildman–Crippen MR) is 73.5 cm³/mol. The maximum atomic E-state index is 12.2. The number of benzene rings is 1. The van der Waals surface area contributed by atoms with E-state index in [4.69, 9.17) is 0 Å². The number of hydrogen-bond acceptors (Lipinski definition) is 3. The molecule has 5 heteroatoms. The lowest BCUT2D eigenvalue weighted by Crippen LogP contribution is -2.38. The van der Waals surface area contributed by atoms with Gasteiger partial charge in [-0.05, 0) is 32.0 Å². The Balaban J connectivity index is 0.00000162. The molecule has 2 rings (SSSR count). The number of aryl methyl sites for hydroxylation is 1. The number of amides is 1. The molecular weight excluding hydrogens is 252 g/mol. The molecule has 0 radical (unpaired) electrons. The molecule has 4 nitrogen and oxygen atoms in total. The molecule has 2 N–H and O–H groups in total. The van der Waals surface area contributed by atoms with E-state index in [1.807, 2.05) is 6.92 Å². The van der Waals surface area contributed by atoms with Crippen LogP contribution in [0.25, 0.3) is 0 Å². The van der Waals surface area contributed by atoms with E-state index >= 15 is 0 Å². The van der Waals surface area contributed by atoms with Crippen molar-refractivity contribution in [3.8, 4) is 5.75 Å². The van der Waals surface area contributed by atoms with Crippen LogP contribution in [0.2, 0.25) is 0 Å². The van der Waals surface area contributed by atoms with Crippen molar-refractivity contribution in [2.75, 3.05) is 20.1 Å². The van der Waals surface area contributed by atoms with Crippen LogP contribution in [0, 0.1) is 6.92 Å². The van der Waals surface area contributed by atoms with E-state index in [1.54, 1.807) is 30.1 Å². The highest BCUT2D eigenvalue weighted by atomic mass is 35.5. The molecule has 18 heavy (non-hydrogen) atoms. The van der Waals surface area contributed by atoms with Gasteiger partial charge in [-0.1, -0.05) is 11.6 Å². The number of aromatic hydroxyl groups is 1. The van der Waals surface area contributed by atoms with Crippen molar-refractivity contribution >= 4 is 18.3 Å². The van der Waals surface area contributed by atoms with Gasteiger partial charge in [0, 0.05) is 19.6 Å². The molecule has 1 aliphatic heterocycles. The number of nitrogens with one attached hydrogen (secondary N) is 1. The molecule has 1 fully saturated rings. The molecule has 0 spiro atoms. The van der Waals surface area contributed by atoms with Crippen LogP contribution in [0.5, 0.6) is 5.75 Å². The van der Waals surface area contributed by atoms with Crippen LogP contribution in [0.15, 0.2) is 18.2 Å². The first kappa shape index (κ1) is 14.8. The molecule has 1 saturated heterocycles. The number of likely N-dealkylation sites (N-methyl/N-ethyl adjacent to an activating group) is 1. The highest BCUT2D eigenvalue weighted by molar-refractivity contribution is 5.97. The van der Waals surface area contributed by atoms with Crippen LogP contribution < -0.4 is 5.32 Å². The summed E-state index contributed by atoms with van der Waals surface area (Å²) in [5, 5.41) is 13.0. The molecule has 1 unspecified atom stereocenters. The Labute approximate surface area is 113 Å². The number of halogens is 1. The molecule has 0 aliphatic carbocycles. The zero-order chi connectivity index (χ0) is 12.4. The smallest absolute Gasteiger partial charge is 0.257 e. The number of carbonyl (C=O) groups excluding carboxylic acids is 1. The molecule has 1 heterocycles. The highest BCUT2D eigenvalue weighted by Gasteiger charge is 2.25. The Morgan fingerprint density at radius 1 is 1.50 bits per heavy atom. The van der Waals surface area contributed by atoms with Gasteiger partial charge in [0.2, 0.25) is 0 Å². The molecule has 1 atom stereocenters. The third-order valence-corrected chi connectivity index (χ3v) is 3.28. The molecule has 1 aliphatic rings. The molecule has 1 aromatic carbocycles. The molecule has 0 bridgehead atoms. The Morgan fingerprint density at radius 2 is 2.22 bits per heavy atom. The molecule has 1 amide bonds. The van der Waals surface area contributed by atoms with Crippen LogP contribution in [-0.2, 0) is 0 Å². The third kappa shape index (κ3) is 2.94. The monoisotopic (exact) mass is 270 g/mol. The van der Waals surface area contributed by atoms with Crippen molar-refractivity contribution in [2.24, 2.45) is 0 Å². The zero-order valence-corrected chi connectivity index (χ0v) is 11.5. The standard InChI is InChI=1S/C13H18N2O2.ClH/c1-9-3-4-12(16)11(7-9)13(17)15(2)10-5-6-14-8-10;/h3-4,7,10,14,16H,5-6,8H2,1-2H3;1H. The summed E-state index contributed by atoms with van der Waals surface area (Å²) < 4.78 is 0. The number of hydrogen-bond donors (Lipinski definition) is 2. The highest BCUT2D eigenvalue weighted by Crippen LogP contribution is 2.21. The fraction of sp³-hybridized carbons (Fsp3) is 0.462. The lowest BCUT2D eigenvalue weighted by Gasteiger charge is -2.24. The van der Waals surface area contributed by atoms with Crippen LogP contribution in [-0.4, -0.2) is 42.1 Å². The summed E-state index contributed by atoms with van der Waals surface area (Å²) in [6.45, 7) is 3.68. The first-order valence-corrected chi connectivity index (χ1v) is 5.87. The van der Waals surface area contributed by atoms with E-state index in [9.17, 15) is 9.90 Å². The van der Waals surface area contributed by atoms with Crippen LogP contribution >= 0.6 is 12.4 Å². The van der Waals surface area contributed by atoms with Crippen molar-refractivity contribution in [1.82, 2.24) is 10.2 Å². The second-order valence-electron chi connectivity index (χ2n) is 4.58. The van der Waals surface area contributed by atoms with Crippen molar-refractivity contribution in [2.45, 2.75) is 19.4 Å². The number of rotatable bonds is 2. The number of phenolic OH excluding ortho intramolecular Hbond substituents is 1. The Hall–Kier alpha value is -1.26. The van der Waals surface area contributed by atoms with E-state index < -0.39 is 0 Å². The van der Waals surface area contributed by atoms with Gasteiger partial charge < -0.3 is 15.3 Å². The zero-order valence-electron chi connectivity index (χ0n) is 10.6. The van der Waals surface area contributed by atoms with Gasteiger partial charge in [-0.25, -0.2) is 0 Å². The van der Waals surface area contributed by atoms with E-state index in [0.717, 1.165) is 25.1 Å². The fourth-order valence-electron chi connectivity index (χ4n) is 2.15. The molecule has 0 saturated carbocycles. The Bertz CT molecular complexity index is 431. The average Bonchev–Trinajstić information content (AvgIpc) is 2.84. The van der Waals surface area contributed by atoms with Crippen molar-refractivity contribution < 1.29 is 9.90 Å². The van der Waals surface area contributed by atoms with Gasteiger partial charge >= 0.3 is 0 Å². The summed E-state index contributed by atoms with van der Waals surface area (Å²) in [7, 11) is 1.79. The van der Waals surface area contributed by atoms with Gasteiger partial charge in [0.15, 0.2) is 0 Å². The lowest BCUT2D eigenvalue weighted by molar-refractivity contribution is 0.0740. The van der Waals surface area contributed by atoms with Gasteiger partial charge in [0.1, 0.15) is 5.75 Å². The summed E-state index contributed by atoms with van der Waals surface area (Å²) in [6.07, 6.45) is 0.967. The summed E-state index contributed by atoms with van der Waals surface area (Å²) >= 11 is 0. The summed E-state index contributed by atoms with van der Waals surface area (Å²) in [6, 6.07) is 5.32. The Morgan fingerprint density at radius 3 is 2.83 bits per heavy atom. The lowest BCUT2D eigenvalue weighted by atomic mass is 10.1. The van der Waals surface area contributed by atoms with E-state index in [-0.39, 0.29) is 30.1 Å². The Kier molecular flexibility index (Phi) is 4.99. The van der Waals surface area contributed by atoms with E-state index in [0.29, 0.717) is 5.56 Å². The number of carbonyl (C=O) groups is 1. The van der Waals surface area contributed by atoms with E-state index in [1.165, 1.54) is 0 Å². The summed E-state index contributed by atoms with van der Waals surface area (Å²) in [5.74, 6) is -0.0571. The predicted octanol–water partition coefficient (Wildman–Crippen LogP) is 1.56. The summed E-state index contributed by atoms with van der Waals surface area (Å²) in [4.78, 5) is 14.0. The largest absolute Gasteiger partial charge is 0.507 e. The first-order valence-electron chi connectivity index (χ1n) is 5.87. The van der Waals surface area contributed by atoms with E-state index in [2.05, 4.69) is 5.32 Å². The first-order chi connectivity index (χ1) is 8.09. The van der Waals surface area contributed by atoms with Crippen molar-refractivity contribution in [1.29, 1.82) is 0 Å². The number of nitrogens with zero attached hydrogens (tertiary/aromatic N) is 1. The maximum absolute atomic E-state index is 12.2. The SMILES string of the molecule is Cc1ccc(O)c(C(=O)N(C)C2CCNC2)c1.Cl. The van der Waals surface area contributed by atoms with Crippen LogP contribution in [0.4, 0.5) is 0 Å². The van der Waals surface area contributed by atoms with Gasteiger partial charge in [0.05, 0.1) is 5.56 Å². The summed E-state index contributed by atoms with van der Waals surface area (Å²) in [5.41, 5.74) is 1.36. The van der Waals surface area contributed by atoms with Crippen molar-refractivity contribution in [3.63, 3.8) is 0 Å². The number of phenols is 1. The minimum Gasteiger partial charge on any atom is -0.507 e. The minimum atomic E-state index is -0.111.